The molecular weight excluding hydrogens is 438 g/mol. The summed E-state index contributed by atoms with van der Waals surface area (Å²) in [6, 6.07) is 14.8. The molecule has 0 aliphatic carbocycles. The molecule has 0 spiro atoms. The first-order valence-electron chi connectivity index (χ1n) is 7.36. The van der Waals surface area contributed by atoms with Crippen molar-refractivity contribution in [3.8, 4) is 0 Å². The highest BCUT2D eigenvalue weighted by atomic mass is 79.9. The van der Waals surface area contributed by atoms with Gasteiger partial charge in [-0.25, -0.2) is 0 Å². The molecule has 2 amide bonds. The molecule has 0 saturated carbocycles. The van der Waals surface area contributed by atoms with E-state index in [9.17, 15) is 9.59 Å². The summed E-state index contributed by atoms with van der Waals surface area (Å²) in [5, 5.41) is 5.65. The van der Waals surface area contributed by atoms with Gasteiger partial charge < -0.3 is 15.5 Å². The van der Waals surface area contributed by atoms with Gasteiger partial charge in [-0.3, -0.25) is 9.59 Å². The fraction of sp³-hybridized carbons (Fsp3) is 0.176. The highest BCUT2D eigenvalue weighted by Gasteiger charge is 2.15. The fourth-order valence-corrected chi connectivity index (χ4v) is 2.89. The summed E-state index contributed by atoms with van der Waals surface area (Å²) in [6.07, 6.45) is 0. The first kappa shape index (κ1) is 18.6. The molecule has 0 aliphatic heterocycles. The van der Waals surface area contributed by atoms with Crippen LogP contribution >= 0.6 is 31.9 Å². The van der Waals surface area contributed by atoms with Gasteiger partial charge in [0.1, 0.15) is 0 Å². The monoisotopic (exact) mass is 454 g/mol. The van der Waals surface area contributed by atoms with Crippen LogP contribution in [0.5, 0.6) is 0 Å². The van der Waals surface area contributed by atoms with E-state index >= 15 is 0 Å². The Labute approximate surface area is 157 Å². The number of nitrogens with one attached hydrogen (secondary N) is 3. The topological polar surface area (TPSA) is 62.6 Å². The molecule has 0 atom stereocenters. The number of para-hydroxylation sites is 2. The number of halogens is 2. The molecule has 0 heterocycles. The van der Waals surface area contributed by atoms with Gasteiger partial charge in [0.25, 0.3) is 11.8 Å². The van der Waals surface area contributed by atoms with E-state index in [4.69, 9.17) is 0 Å². The van der Waals surface area contributed by atoms with Gasteiger partial charge in [0.05, 0.1) is 18.4 Å². The lowest BCUT2D eigenvalue weighted by Crippen LogP contribution is -3.11. The Kier molecular flexibility index (Phi) is 6.96. The van der Waals surface area contributed by atoms with Crippen molar-refractivity contribution >= 4 is 55.0 Å². The van der Waals surface area contributed by atoms with E-state index in [1.165, 1.54) is 0 Å². The molecule has 2 aromatic carbocycles. The summed E-state index contributed by atoms with van der Waals surface area (Å²) >= 11 is 6.77. The largest absolute Gasteiger partial charge is 0.322 e. The van der Waals surface area contributed by atoms with Crippen molar-refractivity contribution in [2.75, 3.05) is 30.8 Å². The van der Waals surface area contributed by atoms with Crippen LogP contribution < -0.4 is 15.5 Å². The number of quaternary nitrogens is 1. The third-order valence-corrected chi connectivity index (χ3v) is 4.60. The fourth-order valence-electron chi connectivity index (χ4n) is 2.12. The Balaban J connectivity index is 1.83. The van der Waals surface area contributed by atoms with Gasteiger partial charge in [-0.05, 0) is 56.1 Å². The Morgan fingerprint density at radius 1 is 0.833 bits per heavy atom. The zero-order valence-corrected chi connectivity index (χ0v) is 16.3. The van der Waals surface area contributed by atoms with Crippen molar-refractivity contribution < 1.29 is 14.5 Å². The van der Waals surface area contributed by atoms with Gasteiger partial charge in [0.2, 0.25) is 0 Å². The first-order valence-corrected chi connectivity index (χ1v) is 8.94. The van der Waals surface area contributed by atoms with Gasteiger partial charge in [0, 0.05) is 8.95 Å². The van der Waals surface area contributed by atoms with E-state index < -0.39 is 0 Å². The second-order valence-electron chi connectivity index (χ2n) is 5.37. The SMILES string of the molecule is C[NH+](CC(=O)Nc1ccccc1Br)CC(=O)Nc1ccccc1Br. The molecule has 0 radical (unpaired) electrons. The van der Waals surface area contributed by atoms with Crippen LogP contribution in [0.25, 0.3) is 0 Å². The minimum absolute atomic E-state index is 0.145. The van der Waals surface area contributed by atoms with Crippen LogP contribution in [0, 0.1) is 0 Å². The minimum atomic E-state index is -0.145. The van der Waals surface area contributed by atoms with E-state index in [1.807, 2.05) is 48.5 Å². The molecule has 0 aliphatic rings. The van der Waals surface area contributed by atoms with Gasteiger partial charge in [-0.15, -0.1) is 0 Å². The van der Waals surface area contributed by atoms with Crippen molar-refractivity contribution in [3.63, 3.8) is 0 Å². The summed E-state index contributed by atoms with van der Waals surface area (Å²) in [7, 11) is 1.80. The summed E-state index contributed by atoms with van der Waals surface area (Å²) in [5.74, 6) is -0.291. The molecule has 24 heavy (non-hydrogen) atoms. The quantitative estimate of drug-likeness (QED) is 0.625. The van der Waals surface area contributed by atoms with Crippen molar-refractivity contribution in [1.29, 1.82) is 0 Å². The zero-order valence-electron chi connectivity index (χ0n) is 13.1. The normalized spacial score (nSPS) is 10.5. The molecule has 0 aromatic heterocycles. The number of hydrogen-bond acceptors (Lipinski definition) is 2. The second-order valence-corrected chi connectivity index (χ2v) is 7.08. The first-order chi connectivity index (χ1) is 11.5. The van der Waals surface area contributed by atoms with E-state index in [-0.39, 0.29) is 24.9 Å². The van der Waals surface area contributed by atoms with Gasteiger partial charge in [0.15, 0.2) is 13.1 Å². The van der Waals surface area contributed by atoms with Crippen LogP contribution in [0.3, 0.4) is 0 Å². The number of likely N-dealkylation sites (N-methyl/N-ethyl adjacent to an activating group) is 1. The number of amides is 2. The second kappa shape index (κ2) is 8.96. The van der Waals surface area contributed by atoms with Crippen LogP contribution in [0.15, 0.2) is 57.5 Å². The molecule has 2 aromatic rings. The van der Waals surface area contributed by atoms with E-state index in [1.54, 1.807) is 7.05 Å². The van der Waals surface area contributed by atoms with E-state index in [0.29, 0.717) is 11.4 Å². The number of anilines is 2. The highest BCUT2D eigenvalue weighted by Crippen LogP contribution is 2.21. The predicted octanol–water partition coefficient (Wildman–Crippen LogP) is 2.30. The Morgan fingerprint density at radius 3 is 1.58 bits per heavy atom. The summed E-state index contributed by atoms with van der Waals surface area (Å²) in [6.45, 7) is 0.398. The van der Waals surface area contributed by atoms with Crippen molar-refractivity contribution in [2.24, 2.45) is 0 Å². The number of carbonyl (C=O) groups excluding carboxylic acids is 2. The number of rotatable bonds is 6. The van der Waals surface area contributed by atoms with Gasteiger partial charge in [-0.1, -0.05) is 24.3 Å². The lowest BCUT2D eigenvalue weighted by molar-refractivity contribution is -0.862. The average Bonchev–Trinajstić information content (AvgIpc) is 2.51. The molecule has 0 saturated heterocycles. The Morgan fingerprint density at radius 2 is 1.21 bits per heavy atom. The lowest BCUT2D eigenvalue weighted by atomic mass is 10.3. The number of benzene rings is 2. The molecule has 0 fully saturated rings. The predicted molar refractivity (Wildman–Crippen MR) is 102 cm³/mol. The Hall–Kier alpha value is -1.70. The Bertz CT molecular complexity index is 676. The molecule has 0 bridgehead atoms. The molecule has 0 unspecified atom stereocenters. The third-order valence-electron chi connectivity index (χ3n) is 3.22. The van der Waals surface area contributed by atoms with Crippen molar-refractivity contribution in [2.45, 2.75) is 0 Å². The zero-order chi connectivity index (χ0) is 17.5. The van der Waals surface area contributed by atoms with Crippen LogP contribution in [-0.2, 0) is 9.59 Å². The van der Waals surface area contributed by atoms with Crippen LogP contribution in [-0.4, -0.2) is 32.0 Å². The molecule has 5 nitrogen and oxygen atoms in total. The van der Waals surface area contributed by atoms with Gasteiger partial charge in [-0.2, -0.15) is 0 Å². The summed E-state index contributed by atoms with van der Waals surface area (Å²) < 4.78 is 1.64. The maximum atomic E-state index is 12.1. The summed E-state index contributed by atoms with van der Waals surface area (Å²) in [5.41, 5.74) is 1.43. The summed E-state index contributed by atoms with van der Waals surface area (Å²) in [4.78, 5) is 24.9. The molecular formula is C17H18Br2N3O2+. The lowest BCUT2D eigenvalue weighted by Gasteiger charge is -2.14. The average molecular weight is 456 g/mol. The maximum absolute atomic E-state index is 12.1. The minimum Gasteiger partial charge on any atom is -0.322 e. The smallest absolute Gasteiger partial charge is 0.279 e. The van der Waals surface area contributed by atoms with E-state index in [2.05, 4.69) is 42.5 Å². The van der Waals surface area contributed by atoms with Gasteiger partial charge >= 0.3 is 0 Å². The maximum Gasteiger partial charge on any atom is 0.279 e. The van der Waals surface area contributed by atoms with Crippen LogP contribution in [0.1, 0.15) is 0 Å². The third kappa shape index (κ3) is 5.74. The van der Waals surface area contributed by atoms with Crippen LogP contribution in [0.2, 0.25) is 0 Å². The molecule has 126 valence electrons. The van der Waals surface area contributed by atoms with Crippen LogP contribution in [0.4, 0.5) is 11.4 Å². The number of hydrogen-bond donors (Lipinski definition) is 3. The van der Waals surface area contributed by atoms with Crippen molar-refractivity contribution in [1.82, 2.24) is 0 Å². The molecule has 3 N–H and O–H groups in total. The highest BCUT2D eigenvalue weighted by molar-refractivity contribution is 9.11. The standard InChI is InChI=1S/C17H17Br2N3O2/c1-22(10-16(23)20-14-8-4-2-6-12(14)18)11-17(24)21-15-9-5-3-7-13(15)19/h2-9H,10-11H2,1H3,(H,20,23)(H,21,24)/p+1. The number of carbonyl (C=O) groups is 2. The molecule has 7 heteroatoms. The van der Waals surface area contributed by atoms with Crippen molar-refractivity contribution in [3.05, 3.63) is 57.5 Å². The van der Waals surface area contributed by atoms with E-state index in [0.717, 1.165) is 13.8 Å². The molecule has 2 rings (SSSR count).